The lowest BCUT2D eigenvalue weighted by atomic mass is 10.2. The van der Waals surface area contributed by atoms with Gasteiger partial charge in [0, 0.05) is 0 Å². The fourth-order valence-corrected chi connectivity index (χ4v) is 1.60. The van der Waals surface area contributed by atoms with E-state index in [2.05, 4.69) is 10.5 Å². The molecule has 2 aromatic rings. The molecule has 0 saturated carbocycles. The van der Waals surface area contributed by atoms with E-state index in [0.717, 1.165) is 5.56 Å². The topological polar surface area (TPSA) is 24.4 Å². The molecule has 0 aliphatic carbocycles. The Morgan fingerprint density at radius 3 is 2.39 bits per heavy atom. The van der Waals surface area contributed by atoms with Gasteiger partial charge in [0.2, 0.25) is 0 Å². The lowest BCUT2D eigenvalue weighted by molar-refractivity contribution is 0.628. The minimum Gasteiger partial charge on any atom is -0.279 e. The molecule has 0 atom stereocenters. The maximum absolute atomic E-state index is 12.7. The van der Waals surface area contributed by atoms with Crippen molar-refractivity contribution in [1.29, 1.82) is 0 Å². The van der Waals surface area contributed by atoms with Crippen LogP contribution in [0.15, 0.2) is 47.6 Å². The number of nitrogens with zero attached hydrogens (tertiary/aromatic N) is 1. The summed E-state index contributed by atoms with van der Waals surface area (Å²) in [5, 5.41) is 4.99. The summed E-state index contributed by atoms with van der Waals surface area (Å²) in [6, 6.07) is 11.1. The van der Waals surface area contributed by atoms with Crippen LogP contribution in [0, 0.1) is 5.82 Å². The van der Waals surface area contributed by atoms with Crippen molar-refractivity contribution in [2.24, 2.45) is 5.10 Å². The second kappa shape index (κ2) is 5.85. The van der Waals surface area contributed by atoms with Gasteiger partial charge in [0.1, 0.15) is 5.82 Å². The second-order valence-corrected chi connectivity index (χ2v) is 4.36. The van der Waals surface area contributed by atoms with Crippen molar-refractivity contribution in [1.82, 2.24) is 0 Å². The van der Waals surface area contributed by atoms with Gasteiger partial charge < -0.3 is 0 Å². The van der Waals surface area contributed by atoms with E-state index < -0.39 is 0 Å². The number of hydrogen-bond acceptors (Lipinski definition) is 2. The van der Waals surface area contributed by atoms with Crippen LogP contribution in [-0.4, -0.2) is 6.21 Å². The van der Waals surface area contributed by atoms with Gasteiger partial charge in [0.05, 0.1) is 21.9 Å². The van der Waals surface area contributed by atoms with E-state index in [1.165, 1.54) is 12.1 Å². The number of hydrogen-bond donors (Lipinski definition) is 1. The van der Waals surface area contributed by atoms with Crippen molar-refractivity contribution >= 4 is 35.1 Å². The molecule has 5 heteroatoms. The smallest absolute Gasteiger partial charge is 0.123 e. The predicted molar refractivity (Wildman–Crippen MR) is 74.1 cm³/mol. The van der Waals surface area contributed by atoms with Crippen LogP contribution in [0.1, 0.15) is 5.56 Å². The first kappa shape index (κ1) is 12.9. The van der Waals surface area contributed by atoms with Crippen LogP contribution in [0.5, 0.6) is 0 Å². The zero-order valence-electron chi connectivity index (χ0n) is 9.20. The molecule has 0 aromatic heterocycles. The third-order valence-electron chi connectivity index (χ3n) is 2.20. The first-order valence-electron chi connectivity index (χ1n) is 5.15. The van der Waals surface area contributed by atoms with E-state index in [9.17, 15) is 4.39 Å². The van der Waals surface area contributed by atoms with E-state index in [1.807, 2.05) is 0 Å². The molecule has 1 N–H and O–H groups in total. The summed E-state index contributed by atoms with van der Waals surface area (Å²) < 4.78 is 12.7. The van der Waals surface area contributed by atoms with Gasteiger partial charge in [-0.25, -0.2) is 4.39 Å². The molecule has 2 nitrogen and oxygen atoms in total. The molecular formula is C13H9Cl2FN2. The highest BCUT2D eigenvalue weighted by Crippen LogP contribution is 2.21. The summed E-state index contributed by atoms with van der Waals surface area (Å²) in [4.78, 5) is 0. The first-order chi connectivity index (χ1) is 8.65. The molecule has 0 fully saturated rings. The van der Waals surface area contributed by atoms with Gasteiger partial charge in [-0.15, -0.1) is 0 Å². The number of halogens is 3. The molecule has 2 aromatic carbocycles. The second-order valence-electron chi connectivity index (χ2n) is 3.55. The summed E-state index contributed by atoms with van der Waals surface area (Å²) in [6.07, 6.45) is 1.60. The molecule has 0 radical (unpaired) electrons. The standard InChI is InChI=1S/C13H9Cl2FN2/c14-12-6-1-9(7-13(12)15)8-17-18-11-4-2-10(16)3-5-11/h1-8,18H. The minimum atomic E-state index is -0.283. The van der Waals surface area contributed by atoms with Gasteiger partial charge >= 0.3 is 0 Å². The Kier molecular flexibility index (Phi) is 4.18. The lowest BCUT2D eigenvalue weighted by Crippen LogP contribution is -1.90. The van der Waals surface area contributed by atoms with Crippen molar-refractivity contribution in [3.05, 3.63) is 63.9 Å². The van der Waals surface area contributed by atoms with E-state index in [1.54, 1.807) is 36.5 Å². The highest BCUT2D eigenvalue weighted by Gasteiger charge is 1.97. The number of hydrazone groups is 1. The quantitative estimate of drug-likeness (QED) is 0.647. The third kappa shape index (κ3) is 3.45. The maximum atomic E-state index is 12.7. The molecule has 0 spiro atoms. The molecular weight excluding hydrogens is 274 g/mol. The Labute approximate surface area is 114 Å². The van der Waals surface area contributed by atoms with Crippen LogP contribution >= 0.6 is 23.2 Å². The monoisotopic (exact) mass is 282 g/mol. The van der Waals surface area contributed by atoms with Crippen LogP contribution in [0.2, 0.25) is 10.0 Å². The van der Waals surface area contributed by atoms with Crippen LogP contribution in [-0.2, 0) is 0 Å². The van der Waals surface area contributed by atoms with E-state index in [0.29, 0.717) is 15.7 Å². The van der Waals surface area contributed by atoms with Crippen molar-refractivity contribution < 1.29 is 4.39 Å². The fourth-order valence-electron chi connectivity index (χ4n) is 1.30. The number of nitrogens with one attached hydrogen (secondary N) is 1. The van der Waals surface area contributed by atoms with Crippen molar-refractivity contribution in [3.63, 3.8) is 0 Å². The Balaban J connectivity index is 2.02. The summed E-state index contributed by atoms with van der Waals surface area (Å²) >= 11 is 11.7. The van der Waals surface area contributed by atoms with Gasteiger partial charge in [-0.1, -0.05) is 29.3 Å². The fraction of sp³-hybridized carbons (Fsp3) is 0. The van der Waals surface area contributed by atoms with E-state index in [-0.39, 0.29) is 5.82 Å². The average molecular weight is 283 g/mol. The van der Waals surface area contributed by atoms with Crippen molar-refractivity contribution in [2.75, 3.05) is 5.43 Å². The number of rotatable bonds is 3. The summed E-state index contributed by atoms with van der Waals surface area (Å²) in [5.41, 5.74) is 4.30. The third-order valence-corrected chi connectivity index (χ3v) is 2.93. The van der Waals surface area contributed by atoms with Crippen molar-refractivity contribution in [3.8, 4) is 0 Å². The van der Waals surface area contributed by atoms with E-state index >= 15 is 0 Å². The molecule has 0 bridgehead atoms. The van der Waals surface area contributed by atoms with Crippen LogP contribution in [0.25, 0.3) is 0 Å². The molecule has 0 amide bonds. The van der Waals surface area contributed by atoms with Crippen molar-refractivity contribution in [2.45, 2.75) is 0 Å². The van der Waals surface area contributed by atoms with Crippen LogP contribution in [0.4, 0.5) is 10.1 Å². The molecule has 0 unspecified atom stereocenters. The molecule has 18 heavy (non-hydrogen) atoms. The van der Waals surface area contributed by atoms with E-state index in [4.69, 9.17) is 23.2 Å². The molecule has 0 aliphatic heterocycles. The Morgan fingerprint density at radius 1 is 1.00 bits per heavy atom. The summed E-state index contributed by atoms with van der Waals surface area (Å²) in [6.45, 7) is 0. The lowest BCUT2D eigenvalue weighted by Gasteiger charge is -2.00. The Hall–Kier alpha value is -1.58. The number of anilines is 1. The normalized spacial score (nSPS) is 10.8. The number of benzene rings is 2. The molecule has 0 heterocycles. The summed E-state index contributed by atoms with van der Waals surface area (Å²) in [5.74, 6) is -0.283. The molecule has 0 aliphatic rings. The first-order valence-corrected chi connectivity index (χ1v) is 5.90. The average Bonchev–Trinajstić information content (AvgIpc) is 2.36. The highest BCUT2D eigenvalue weighted by molar-refractivity contribution is 6.42. The maximum Gasteiger partial charge on any atom is 0.123 e. The zero-order valence-corrected chi connectivity index (χ0v) is 10.7. The summed E-state index contributed by atoms with van der Waals surface area (Å²) in [7, 11) is 0. The SMILES string of the molecule is Fc1ccc(NN=Cc2ccc(Cl)c(Cl)c2)cc1. The van der Waals surface area contributed by atoms with Gasteiger partial charge in [0.25, 0.3) is 0 Å². The molecule has 92 valence electrons. The Morgan fingerprint density at radius 2 is 1.72 bits per heavy atom. The van der Waals surface area contributed by atoms with Gasteiger partial charge in [-0.2, -0.15) is 5.10 Å². The largest absolute Gasteiger partial charge is 0.279 e. The minimum absolute atomic E-state index is 0.283. The van der Waals surface area contributed by atoms with Gasteiger partial charge in [0.15, 0.2) is 0 Å². The molecule has 0 saturated heterocycles. The van der Waals surface area contributed by atoms with Gasteiger partial charge in [-0.3, -0.25) is 5.43 Å². The Bertz CT molecular complexity index is 568. The van der Waals surface area contributed by atoms with Crippen LogP contribution < -0.4 is 5.43 Å². The van der Waals surface area contributed by atoms with Gasteiger partial charge in [-0.05, 0) is 42.0 Å². The molecule has 2 rings (SSSR count). The van der Waals surface area contributed by atoms with Crippen LogP contribution in [0.3, 0.4) is 0 Å². The zero-order chi connectivity index (χ0) is 13.0. The highest BCUT2D eigenvalue weighted by atomic mass is 35.5. The predicted octanol–water partition coefficient (Wildman–Crippen LogP) is 4.58.